The topological polar surface area (TPSA) is 56.8 Å². The quantitative estimate of drug-likeness (QED) is 0.872. The van der Waals surface area contributed by atoms with E-state index in [-0.39, 0.29) is 11.8 Å². The molecule has 0 fully saturated rings. The molecule has 0 heterocycles. The molecule has 0 unspecified atom stereocenters. The van der Waals surface area contributed by atoms with E-state index in [1.807, 2.05) is 26.0 Å². The number of methoxy groups -OCH3 is 2. The average molecular weight is 315 g/mol. The Balaban J connectivity index is 2.22. The van der Waals surface area contributed by atoms with Crippen LogP contribution in [0.3, 0.4) is 0 Å². The molecule has 0 saturated carbocycles. The van der Waals surface area contributed by atoms with E-state index in [2.05, 4.69) is 5.32 Å². The molecule has 5 heteroatoms. The molecule has 0 aliphatic rings. The zero-order valence-electron chi connectivity index (χ0n) is 13.8. The maximum absolute atomic E-state index is 11.8. The van der Waals surface area contributed by atoms with E-state index in [4.69, 9.17) is 14.2 Å². The van der Waals surface area contributed by atoms with Gasteiger partial charge in [0.15, 0.2) is 11.5 Å². The van der Waals surface area contributed by atoms with Crippen LogP contribution in [0.2, 0.25) is 0 Å². The molecule has 2 aromatic rings. The van der Waals surface area contributed by atoms with Crippen LogP contribution in [-0.2, 0) is 4.79 Å². The zero-order chi connectivity index (χ0) is 16.8. The van der Waals surface area contributed by atoms with Crippen molar-refractivity contribution in [1.29, 1.82) is 0 Å². The van der Waals surface area contributed by atoms with Crippen molar-refractivity contribution >= 4 is 11.6 Å². The number of carbonyl (C=O) groups excluding carboxylic acids is 1. The summed E-state index contributed by atoms with van der Waals surface area (Å²) >= 11 is 0. The lowest BCUT2D eigenvalue weighted by atomic mass is 10.2. The summed E-state index contributed by atoms with van der Waals surface area (Å²) in [4.78, 5) is 11.8. The van der Waals surface area contributed by atoms with Gasteiger partial charge in [0.25, 0.3) is 0 Å². The van der Waals surface area contributed by atoms with Crippen LogP contribution < -0.4 is 19.5 Å². The second kappa shape index (κ2) is 7.54. The molecule has 122 valence electrons. The summed E-state index contributed by atoms with van der Waals surface area (Å²) in [7, 11) is 3.18. The van der Waals surface area contributed by atoms with Crippen LogP contribution in [0, 0.1) is 5.92 Å². The Morgan fingerprint density at radius 2 is 1.57 bits per heavy atom. The molecule has 0 atom stereocenters. The van der Waals surface area contributed by atoms with Crippen LogP contribution in [0.25, 0.3) is 0 Å². The van der Waals surface area contributed by atoms with Crippen molar-refractivity contribution in [2.24, 2.45) is 5.92 Å². The van der Waals surface area contributed by atoms with Crippen molar-refractivity contribution in [3.8, 4) is 23.0 Å². The number of hydrogen-bond acceptors (Lipinski definition) is 4. The Bertz CT molecular complexity index is 665. The molecule has 1 N–H and O–H groups in total. The first-order valence-corrected chi connectivity index (χ1v) is 7.34. The highest BCUT2D eigenvalue weighted by Gasteiger charge is 2.11. The Labute approximate surface area is 136 Å². The minimum atomic E-state index is -0.0944. The van der Waals surface area contributed by atoms with Gasteiger partial charge in [-0.15, -0.1) is 0 Å². The molecular formula is C18H21NO4. The summed E-state index contributed by atoms with van der Waals surface area (Å²) < 4.78 is 16.3. The van der Waals surface area contributed by atoms with Gasteiger partial charge >= 0.3 is 0 Å². The summed E-state index contributed by atoms with van der Waals surface area (Å²) in [5, 5.41) is 2.84. The highest BCUT2D eigenvalue weighted by Crippen LogP contribution is 2.34. The van der Waals surface area contributed by atoms with Gasteiger partial charge in [0.2, 0.25) is 5.91 Å². The lowest BCUT2D eigenvalue weighted by Crippen LogP contribution is -2.17. The number of amides is 1. The molecule has 0 aliphatic heterocycles. The molecule has 0 saturated heterocycles. The first-order valence-electron chi connectivity index (χ1n) is 7.34. The maximum Gasteiger partial charge on any atom is 0.226 e. The molecule has 0 aromatic heterocycles. The van der Waals surface area contributed by atoms with Crippen molar-refractivity contribution in [3.63, 3.8) is 0 Å². The van der Waals surface area contributed by atoms with Crippen molar-refractivity contribution in [2.45, 2.75) is 13.8 Å². The van der Waals surface area contributed by atoms with Crippen molar-refractivity contribution in [3.05, 3.63) is 42.5 Å². The molecular weight excluding hydrogens is 294 g/mol. The molecule has 0 spiro atoms. The van der Waals surface area contributed by atoms with E-state index in [0.717, 1.165) is 5.75 Å². The summed E-state index contributed by atoms with van der Waals surface area (Å²) in [6.45, 7) is 3.68. The van der Waals surface area contributed by atoms with Crippen molar-refractivity contribution < 1.29 is 19.0 Å². The van der Waals surface area contributed by atoms with Gasteiger partial charge in [0.05, 0.1) is 14.2 Å². The number of rotatable bonds is 6. The second-order valence-corrected chi connectivity index (χ2v) is 5.29. The van der Waals surface area contributed by atoms with Gasteiger partial charge in [0.1, 0.15) is 11.5 Å². The van der Waals surface area contributed by atoms with E-state index < -0.39 is 0 Å². The molecule has 0 bridgehead atoms. The molecule has 0 aliphatic carbocycles. The highest BCUT2D eigenvalue weighted by molar-refractivity contribution is 5.92. The predicted octanol–water partition coefficient (Wildman–Crippen LogP) is 4.09. The van der Waals surface area contributed by atoms with Gasteiger partial charge in [-0.1, -0.05) is 13.8 Å². The third-order valence-electron chi connectivity index (χ3n) is 3.24. The minimum absolute atomic E-state index is 0.0504. The van der Waals surface area contributed by atoms with E-state index in [0.29, 0.717) is 22.9 Å². The van der Waals surface area contributed by atoms with E-state index in [1.54, 1.807) is 44.6 Å². The van der Waals surface area contributed by atoms with Gasteiger partial charge < -0.3 is 19.5 Å². The monoisotopic (exact) mass is 315 g/mol. The Hall–Kier alpha value is -2.69. The van der Waals surface area contributed by atoms with Gasteiger partial charge in [-0.3, -0.25) is 4.79 Å². The lowest BCUT2D eigenvalue weighted by molar-refractivity contribution is -0.118. The van der Waals surface area contributed by atoms with Crippen LogP contribution in [0.15, 0.2) is 42.5 Å². The smallest absolute Gasteiger partial charge is 0.226 e. The zero-order valence-corrected chi connectivity index (χ0v) is 13.8. The Morgan fingerprint density at radius 3 is 2.13 bits per heavy atom. The van der Waals surface area contributed by atoms with Crippen LogP contribution in [0.1, 0.15) is 13.8 Å². The fourth-order valence-corrected chi connectivity index (χ4v) is 1.89. The summed E-state index contributed by atoms with van der Waals surface area (Å²) in [5.74, 6) is 2.37. The Kier molecular flexibility index (Phi) is 5.46. The summed E-state index contributed by atoms with van der Waals surface area (Å²) in [6, 6.07) is 12.5. The molecule has 0 radical (unpaired) electrons. The number of ether oxygens (including phenoxy) is 3. The number of carbonyl (C=O) groups is 1. The fraction of sp³-hybridized carbons (Fsp3) is 0.278. The van der Waals surface area contributed by atoms with Crippen molar-refractivity contribution in [2.75, 3.05) is 19.5 Å². The largest absolute Gasteiger partial charge is 0.497 e. The first-order chi connectivity index (χ1) is 11.0. The maximum atomic E-state index is 11.8. The van der Waals surface area contributed by atoms with E-state index in [1.165, 1.54) is 0 Å². The molecule has 2 rings (SSSR count). The standard InChI is InChI=1S/C18H21NO4/c1-12(2)18(20)19-13-5-10-16(22-4)17(11-13)23-15-8-6-14(21-3)7-9-15/h5-12H,1-4H3,(H,19,20). The third-order valence-corrected chi connectivity index (χ3v) is 3.24. The molecule has 23 heavy (non-hydrogen) atoms. The van der Waals surface area contributed by atoms with E-state index >= 15 is 0 Å². The third kappa shape index (κ3) is 4.39. The molecule has 2 aromatic carbocycles. The number of hydrogen-bond donors (Lipinski definition) is 1. The normalized spacial score (nSPS) is 10.3. The highest BCUT2D eigenvalue weighted by atomic mass is 16.5. The van der Waals surface area contributed by atoms with Crippen LogP contribution in [0.5, 0.6) is 23.0 Å². The van der Waals surface area contributed by atoms with E-state index in [9.17, 15) is 4.79 Å². The number of anilines is 1. The Morgan fingerprint density at radius 1 is 0.913 bits per heavy atom. The predicted molar refractivity (Wildman–Crippen MR) is 89.5 cm³/mol. The summed E-state index contributed by atoms with van der Waals surface area (Å²) in [5.41, 5.74) is 0.660. The van der Waals surface area contributed by atoms with Gasteiger partial charge in [-0.05, 0) is 36.4 Å². The second-order valence-electron chi connectivity index (χ2n) is 5.29. The average Bonchev–Trinajstić information content (AvgIpc) is 2.55. The van der Waals surface area contributed by atoms with Gasteiger partial charge in [0, 0.05) is 17.7 Å². The van der Waals surface area contributed by atoms with Crippen molar-refractivity contribution in [1.82, 2.24) is 0 Å². The van der Waals surface area contributed by atoms with Gasteiger partial charge in [-0.25, -0.2) is 0 Å². The SMILES string of the molecule is COc1ccc(Oc2cc(NC(=O)C(C)C)ccc2OC)cc1. The van der Waals surface area contributed by atoms with Crippen LogP contribution >= 0.6 is 0 Å². The lowest BCUT2D eigenvalue weighted by Gasteiger charge is -2.13. The summed E-state index contributed by atoms with van der Waals surface area (Å²) in [6.07, 6.45) is 0. The van der Waals surface area contributed by atoms with Crippen LogP contribution in [0.4, 0.5) is 5.69 Å². The minimum Gasteiger partial charge on any atom is -0.497 e. The molecule has 5 nitrogen and oxygen atoms in total. The fourth-order valence-electron chi connectivity index (χ4n) is 1.89. The number of benzene rings is 2. The number of nitrogens with one attached hydrogen (secondary N) is 1. The van der Waals surface area contributed by atoms with Crippen LogP contribution in [-0.4, -0.2) is 20.1 Å². The molecule has 1 amide bonds. The van der Waals surface area contributed by atoms with Gasteiger partial charge in [-0.2, -0.15) is 0 Å². The first kappa shape index (κ1) is 16.7.